The molecule has 0 saturated heterocycles. The number of aryl methyl sites for hydroxylation is 2. The molecule has 0 amide bonds. The van der Waals surface area contributed by atoms with Crippen LogP contribution in [-0.4, -0.2) is 31.1 Å². The van der Waals surface area contributed by atoms with Gasteiger partial charge in [-0.15, -0.1) is 11.7 Å². The summed E-state index contributed by atoms with van der Waals surface area (Å²) in [6.45, 7) is 8.29. The molecule has 2 rings (SSSR count). The van der Waals surface area contributed by atoms with Gasteiger partial charge in [0.1, 0.15) is 0 Å². The predicted octanol–water partition coefficient (Wildman–Crippen LogP) is 2.30. The van der Waals surface area contributed by atoms with E-state index in [0.717, 1.165) is 16.7 Å². The van der Waals surface area contributed by atoms with E-state index in [9.17, 15) is 5.11 Å². The van der Waals surface area contributed by atoms with Gasteiger partial charge in [-0.2, -0.15) is 0 Å². The van der Waals surface area contributed by atoms with Gasteiger partial charge in [-0.1, -0.05) is 47.2 Å². The third-order valence-corrected chi connectivity index (χ3v) is 3.83. The lowest BCUT2D eigenvalue weighted by Crippen LogP contribution is -2.04. The van der Waals surface area contributed by atoms with Crippen LogP contribution in [0.25, 0.3) is 0 Å². The highest BCUT2D eigenvalue weighted by Gasteiger charge is 2.12. The number of nitrogens with zero attached hydrogens (tertiary/aromatic N) is 4. The van der Waals surface area contributed by atoms with Crippen LogP contribution >= 0.6 is 11.8 Å². The van der Waals surface area contributed by atoms with Crippen LogP contribution in [0.3, 0.4) is 0 Å². The Kier molecular flexibility index (Phi) is 4.92. The van der Waals surface area contributed by atoms with Crippen LogP contribution in [0.5, 0.6) is 0 Å². The lowest BCUT2D eigenvalue weighted by Gasteiger charge is -2.12. The molecule has 0 aliphatic carbocycles. The fourth-order valence-corrected chi connectivity index (χ4v) is 2.84. The summed E-state index contributed by atoms with van der Waals surface area (Å²) < 4.78 is 1.66. The van der Waals surface area contributed by atoms with Gasteiger partial charge in [0, 0.05) is 5.75 Å². The van der Waals surface area contributed by atoms with Crippen molar-refractivity contribution >= 4 is 11.8 Å². The molecule has 0 aliphatic heterocycles. The van der Waals surface area contributed by atoms with Gasteiger partial charge in [0.15, 0.2) is 0 Å². The number of hydrogen-bond acceptors (Lipinski definition) is 5. The Hall–Kier alpha value is -1.66. The highest BCUT2D eigenvalue weighted by molar-refractivity contribution is 7.99. The maximum Gasteiger partial charge on any atom is 0.209 e. The van der Waals surface area contributed by atoms with Gasteiger partial charge in [-0.25, -0.2) is 4.68 Å². The van der Waals surface area contributed by atoms with Crippen LogP contribution in [0, 0.1) is 13.8 Å². The maximum absolute atomic E-state index is 10.3. The molecule has 0 bridgehead atoms. The first-order valence-corrected chi connectivity index (χ1v) is 7.35. The fraction of sp³-hybridized carbons (Fsp3) is 0.357. The number of aliphatic hydroxyl groups is 1. The van der Waals surface area contributed by atoms with Gasteiger partial charge >= 0.3 is 0 Å². The number of allylic oxidation sites excluding steroid dienone is 1. The van der Waals surface area contributed by atoms with E-state index < -0.39 is 6.10 Å². The SMILES string of the molecule is C=CCn1nnnc1SCC(O)c1cc(C)cc(C)c1. The summed E-state index contributed by atoms with van der Waals surface area (Å²) in [4.78, 5) is 0. The Bertz CT molecular complexity index is 576. The molecular formula is C14H18N4OS. The van der Waals surface area contributed by atoms with E-state index in [-0.39, 0.29) is 0 Å². The number of aliphatic hydroxyl groups excluding tert-OH is 1. The van der Waals surface area contributed by atoms with Crippen molar-refractivity contribution in [3.05, 3.63) is 47.5 Å². The molecule has 0 radical (unpaired) electrons. The minimum atomic E-state index is -0.535. The zero-order chi connectivity index (χ0) is 14.5. The second kappa shape index (κ2) is 6.67. The molecule has 1 aromatic carbocycles. The van der Waals surface area contributed by atoms with Crippen LogP contribution in [0.2, 0.25) is 0 Å². The quantitative estimate of drug-likeness (QED) is 0.653. The zero-order valence-corrected chi connectivity index (χ0v) is 12.5. The summed E-state index contributed by atoms with van der Waals surface area (Å²) >= 11 is 1.44. The minimum absolute atomic E-state index is 0.514. The van der Waals surface area contributed by atoms with E-state index in [2.05, 4.69) is 28.2 Å². The van der Waals surface area contributed by atoms with Crippen molar-refractivity contribution in [3.63, 3.8) is 0 Å². The van der Waals surface area contributed by atoms with Gasteiger partial charge in [0.05, 0.1) is 12.6 Å². The number of tetrazole rings is 1. The summed E-state index contributed by atoms with van der Waals surface area (Å²) in [6.07, 6.45) is 1.20. The first kappa shape index (κ1) is 14.7. The third-order valence-electron chi connectivity index (χ3n) is 2.80. The molecule has 1 heterocycles. The third kappa shape index (κ3) is 3.68. The van der Waals surface area contributed by atoms with Crippen molar-refractivity contribution in [2.24, 2.45) is 0 Å². The van der Waals surface area contributed by atoms with Crippen LogP contribution in [0.15, 0.2) is 36.0 Å². The Morgan fingerprint density at radius 2 is 2.05 bits per heavy atom. The first-order valence-electron chi connectivity index (χ1n) is 6.36. The van der Waals surface area contributed by atoms with Crippen molar-refractivity contribution in [1.82, 2.24) is 20.2 Å². The van der Waals surface area contributed by atoms with Crippen LogP contribution < -0.4 is 0 Å². The highest BCUT2D eigenvalue weighted by atomic mass is 32.2. The number of thioether (sulfide) groups is 1. The average Bonchev–Trinajstić information content (AvgIpc) is 2.83. The Labute approximate surface area is 122 Å². The summed E-state index contributed by atoms with van der Waals surface area (Å²) in [6, 6.07) is 6.10. The monoisotopic (exact) mass is 290 g/mol. The maximum atomic E-state index is 10.3. The number of aromatic nitrogens is 4. The minimum Gasteiger partial charge on any atom is -0.388 e. The lowest BCUT2D eigenvalue weighted by molar-refractivity contribution is 0.204. The van der Waals surface area contributed by atoms with Crippen molar-refractivity contribution < 1.29 is 5.11 Å². The van der Waals surface area contributed by atoms with E-state index in [0.29, 0.717) is 17.5 Å². The van der Waals surface area contributed by atoms with Crippen LogP contribution in [0.1, 0.15) is 22.8 Å². The Morgan fingerprint density at radius 1 is 1.35 bits per heavy atom. The normalized spacial score (nSPS) is 12.3. The van der Waals surface area contributed by atoms with E-state index >= 15 is 0 Å². The molecule has 1 unspecified atom stereocenters. The predicted molar refractivity (Wildman–Crippen MR) is 79.6 cm³/mol. The summed E-state index contributed by atoms with van der Waals surface area (Å²) in [5, 5.41) is 22.4. The zero-order valence-electron chi connectivity index (χ0n) is 11.7. The van der Waals surface area contributed by atoms with Gasteiger partial charge < -0.3 is 5.11 Å². The van der Waals surface area contributed by atoms with Gasteiger partial charge in [0.2, 0.25) is 5.16 Å². The van der Waals surface area contributed by atoms with E-state index in [1.807, 2.05) is 26.0 Å². The summed E-state index contributed by atoms with van der Waals surface area (Å²) in [7, 11) is 0. The summed E-state index contributed by atoms with van der Waals surface area (Å²) in [5.74, 6) is 0.514. The number of benzene rings is 1. The standard InChI is InChI=1S/C14H18N4OS/c1-4-5-18-14(15-16-17-18)20-9-13(19)12-7-10(2)6-11(3)8-12/h4,6-8,13,19H,1,5,9H2,2-3H3. The van der Waals surface area contributed by atoms with Crippen molar-refractivity contribution in [2.45, 2.75) is 31.7 Å². The molecule has 1 aromatic heterocycles. The lowest BCUT2D eigenvalue weighted by atomic mass is 10.0. The molecule has 2 aromatic rings. The molecule has 1 atom stereocenters. The molecule has 0 saturated carbocycles. The number of rotatable bonds is 6. The molecule has 1 N–H and O–H groups in total. The van der Waals surface area contributed by atoms with Gasteiger partial charge in [0.25, 0.3) is 0 Å². The molecule has 106 valence electrons. The van der Waals surface area contributed by atoms with Crippen LogP contribution in [0.4, 0.5) is 0 Å². The molecule has 0 aliphatic rings. The fourth-order valence-electron chi connectivity index (χ4n) is 1.99. The van der Waals surface area contributed by atoms with E-state index in [1.54, 1.807) is 10.8 Å². The topological polar surface area (TPSA) is 63.8 Å². The van der Waals surface area contributed by atoms with Gasteiger partial charge in [-0.05, 0) is 29.8 Å². The molecule has 6 heteroatoms. The van der Waals surface area contributed by atoms with E-state index in [1.165, 1.54) is 11.8 Å². The second-order valence-electron chi connectivity index (χ2n) is 4.68. The van der Waals surface area contributed by atoms with Gasteiger partial charge in [-0.3, -0.25) is 0 Å². The average molecular weight is 290 g/mol. The molecule has 20 heavy (non-hydrogen) atoms. The first-order chi connectivity index (χ1) is 9.60. The van der Waals surface area contributed by atoms with Crippen molar-refractivity contribution in [1.29, 1.82) is 0 Å². The van der Waals surface area contributed by atoms with Crippen molar-refractivity contribution in [2.75, 3.05) is 5.75 Å². The smallest absolute Gasteiger partial charge is 0.209 e. The molecule has 0 spiro atoms. The number of hydrogen-bond donors (Lipinski definition) is 1. The van der Waals surface area contributed by atoms with E-state index in [4.69, 9.17) is 0 Å². The second-order valence-corrected chi connectivity index (χ2v) is 5.67. The highest BCUT2D eigenvalue weighted by Crippen LogP contribution is 2.24. The molecule has 5 nitrogen and oxygen atoms in total. The molecule has 0 fully saturated rings. The van der Waals surface area contributed by atoms with Crippen molar-refractivity contribution in [3.8, 4) is 0 Å². The Morgan fingerprint density at radius 3 is 2.70 bits per heavy atom. The largest absolute Gasteiger partial charge is 0.388 e. The molecular weight excluding hydrogens is 272 g/mol. The Balaban J connectivity index is 2.02. The van der Waals surface area contributed by atoms with Crippen LogP contribution in [-0.2, 0) is 6.54 Å². The summed E-state index contributed by atoms with van der Waals surface area (Å²) in [5.41, 5.74) is 3.24.